The van der Waals surface area contributed by atoms with E-state index in [1.165, 1.54) is 12.1 Å². The fourth-order valence-electron chi connectivity index (χ4n) is 3.44. The van der Waals surface area contributed by atoms with Crippen molar-refractivity contribution in [3.8, 4) is 23.0 Å². The Morgan fingerprint density at radius 1 is 0.941 bits per heavy atom. The van der Waals surface area contributed by atoms with Gasteiger partial charge in [0.05, 0.1) is 33.3 Å². The Labute approximate surface area is 205 Å². The van der Waals surface area contributed by atoms with Gasteiger partial charge in [-0.25, -0.2) is 4.40 Å². The average molecular weight is 440 g/mol. The van der Waals surface area contributed by atoms with E-state index in [2.05, 4.69) is 41.3 Å². The van der Waals surface area contributed by atoms with Crippen LogP contribution in [0.2, 0.25) is 12.1 Å². The van der Waals surface area contributed by atoms with Gasteiger partial charge in [0.1, 0.15) is 5.75 Å². The molecular formula is C16H14B10F2N4O2. The maximum absolute atomic E-state index is 12.4. The molecule has 0 unspecified atom stereocenters. The van der Waals surface area contributed by atoms with Crippen molar-refractivity contribution in [2.45, 2.75) is 25.2 Å². The van der Waals surface area contributed by atoms with E-state index >= 15 is 0 Å². The van der Waals surface area contributed by atoms with Crippen LogP contribution in [0, 0.1) is 0 Å². The van der Waals surface area contributed by atoms with Crippen molar-refractivity contribution in [2.75, 3.05) is 6.61 Å². The van der Waals surface area contributed by atoms with Crippen LogP contribution >= 0.6 is 0 Å². The summed E-state index contributed by atoms with van der Waals surface area (Å²) in [6, 6.07) is 6.23. The van der Waals surface area contributed by atoms with Crippen LogP contribution < -0.4 is 9.47 Å². The van der Waals surface area contributed by atoms with Gasteiger partial charge in [-0.15, -0.1) is 10.2 Å². The topological polar surface area (TPSA) is 61.5 Å². The molecule has 18 heteroatoms. The van der Waals surface area contributed by atoms with E-state index < -0.39 is 6.61 Å². The molecule has 1 saturated heterocycles. The van der Waals surface area contributed by atoms with Gasteiger partial charge >= 0.3 is 6.61 Å². The van der Waals surface area contributed by atoms with E-state index in [9.17, 15) is 8.78 Å². The molecule has 1 aromatic carbocycles. The zero-order chi connectivity index (χ0) is 23.6. The van der Waals surface area contributed by atoms with Crippen molar-refractivity contribution < 1.29 is 18.3 Å². The van der Waals surface area contributed by atoms with Gasteiger partial charge in [0, 0.05) is 62.1 Å². The van der Waals surface area contributed by atoms with Crippen molar-refractivity contribution >= 4 is 76.5 Å². The summed E-state index contributed by atoms with van der Waals surface area (Å²) in [5, 5.41) is 8.40. The SMILES string of the molecule is FC(F)Oc1ccc(-c2nnc3cncc(OCC[C@@H]4[B][B][B][B][B][B][B][B][B][B]C4)n23)cc1. The highest BCUT2D eigenvalue weighted by Crippen LogP contribution is 2.26. The summed E-state index contributed by atoms with van der Waals surface area (Å²) in [5.41, 5.74) is 1.21. The third-order valence-corrected chi connectivity index (χ3v) is 5.10. The summed E-state index contributed by atoms with van der Waals surface area (Å²) in [4.78, 5) is 4.20. The largest absolute Gasteiger partial charge is 0.477 e. The van der Waals surface area contributed by atoms with Gasteiger partial charge in [0.15, 0.2) is 11.5 Å². The van der Waals surface area contributed by atoms with Crippen molar-refractivity contribution in [3.05, 3.63) is 36.7 Å². The summed E-state index contributed by atoms with van der Waals surface area (Å²) in [5.74, 6) is 1.42. The molecule has 2 aromatic heterocycles. The first-order chi connectivity index (χ1) is 16.7. The number of hydrogen-bond donors (Lipinski definition) is 0. The summed E-state index contributed by atoms with van der Waals surface area (Å²) < 4.78 is 37.1. The number of benzene rings is 1. The lowest BCUT2D eigenvalue weighted by Crippen LogP contribution is -2.35. The molecule has 3 heterocycles. The third-order valence-electron chi connectivity index (χ3n) is 5.10. The molecule has 1 atom stereocenters. The first-order valence-corrected chi connectivity index (χ1v) is 10.9. The van der Waals surface area contributed by atoms with Crippen molar-refractivity contribution in [2.24, 2.45) is 0 Å². The number of ether oxygens (including phenoxy) is 2. The first kappa shape index (κ1) is 25.0. The highest BCUT2D eigenvalue weighted by molar-refractivity contribution is 7.69. The molecule has 154 valence electrons. The van der Waals surface area contributed by atoms with E-state index in [0.717, 1.165) is 12.7 Å². The number of rotatable bonds is 7. The van der Waals surface area contributed by atoms with Crippen LogP contribution in [0.5, 0.6) is 11.6 Å². The van der Waals surface area contributed by atoms with Crippen LogP contribution in [-0.4, -0.2) is 104 Å². The summed E-state index contributed by atoms with van der Waals surface area (Å²) >= 11 is 0. The molecule has 0 amide bonds. The number of hydrogen-bond acceptors (Lipinski definition) is 5. The second-order valence-corrected chi connectivity index (χ2v) is 7.47. The van der Waals surface area contributed by atoms with Crippen LogP contribution in [0.3, 0.4) is 0 Å². The highest BCUT2D eigenvalue weighted by Gasteiger charge is 2.16. The number of nitrogens with zero attached hydrogens (tertiary/aromatic N) is 4. The molecule has 0 aliphatic carbocycles. The first-order valence-electron chi connectivity index (χ1n) is 10.9. The fourth-order valence-corrected chi connectivity index (χ4v) is 3.44. The quantitative estimate of drug-likeness (QED) is 0.471. The lowest BCUT2D eigenvalue weighted by atomic mass is 8.87. The minimum atomic E-state index is -2.87. The van der Waals surface area contributed by atoms with Crippen LogP contribution in [0.4, 0.5) is 8.78 Å². The Hall–Kier alpha value is -2.12. The Balaban J connectivity index is 1.41. The van der Waals surface area contributed by atoms with Crippen LogP contribution in [0.1, 0.15) is 6.42 Å². The van der Waals surface area contributed by atoms with Gasteiger partial charge in [-0.05, 0) is 30.7 Å². The molecule has 3 aromatic rings. The van der Waals surface area contributed by atoms with E-state index in [0.29, 0.717) is 35.3 Å². The number of alkyl halides is 2. The van der Waals surface area contributed by atoms with Crippen LogP contribution in [-0.2, 0) is 0 Å². The molecule has 0 spiro atoms. The molecule has 0 bridgehead atoms. The zero-order valence-electron chi connectivity index (χ0n) is 18.4. The van der Waals surface area contributed by atoms with Gasteiger partial charge in [0.25, 0.3) is 0 Å². The van der Waals surface area contributed by atoms with E-state index in [1.54, 1.807) is 28.9 Å². The lowest BCUT2D eigenvalue weighted by Gasteiger charge is -2.17. The summed E-state index contributed by atoms with van der Waals surface area (Å²) in [7, 11) is 20.4. The maximum Gasteiger partial charge on any atom is 0.387 e. The second kappa shape index (κ2) is 13.1. The summed E-state index contributed by atoms with van der Waals surface area (Å²) in [6.07, 6.45) is 4.91. The predicted molar refractivity (Wildman–Crippen MR) is 139 cm³/mol. The smallest absolute Gasteiger partial charge is 0.387 e. The molecular weight excluding hydrogens is 426 g/mol. The predicted octanol–water partition coefficient (Wildman–Crippen LogP) is -0.341. The number of aromatic nitrogens is 4. The fraction of sp³-hybridized carbons (Fsp3) is 0.312. The minimum absolute atomic E-state index is 0.0752. The van der Waals surface area contributed by atoms with Gasteiger partial charge in [-0.2, -0.15) is 8.78 Å². The normalized spacial score (nSPS) is 16.0. The van der Waals surface area contributed by atoms with Gasteiger partial charge < -0.3 is 9.47 Å². The van der Waals surface area contributed by atoms with Crippen molar-refractivity contribution in [3.63, 3.8) is 0 Å². The molecule has 6 nitrogen and oxygen atoms in total. The highest BCUT2D eigenvalue weighted by atomic mass is 19.3. The van der Waals surface area contributed by atoms with Gasteiger partial charge in [-0.3, -0.25) is 4.98 Å². The van der Waals surface area contributed by atoms with Crippen molar-refractivity contribution in [1.82, 2.24) is 19.6 Å². The van der Waals surface area contributed by atoms with Crippen molar-refractivity contribution in [1.29, 1.82) is 0 Å². The Morgan fingerprint density at radius 2 is 1.68 bits per heavy atom. The van der Waals surface area contributed by atoms with Gasteiger partial charge in [-0.1, -0.05) is 12.1 Å². The average Bonchev–Trinajstić information content (AvgIpc) is 3.26. The van der Waals surface area contributed by atoms with Crippen LogP contribution in [0.15, 0.2) is 36.7 Å². The summed E-state index contributed by atoms with van der Waals surface area (Å²) in [6.45, 7) is -2.40. The van der Waals surface area contributed by atoms with E-state index in [-0.39, 0.29) is 5.75 Å². The van der Waals surface area contributed by atoms with Gasteiger partial charge in [0.2, 0.25) is 5.88 Å². The minimum Gasteiger partial charge on any atom is -0.477 e. The number of fused-ring (bicyclic) bond motifs is 1. The Bertz CT molecular complexity index is 1020. The Kier molecular flexibility index (Phi) is 9.63. The monoisotopic (exact) mass is 442 g/mol. The zero-order valence-corrected chi connectivity index (χ0v) is 18.4. The molecule has 1 aliphatic heterocycles. The molecule has 4 rings (SSSR count). The molecule has 34 heavy (non-hydrogen) atoms. The second-order valence-electron chi connectivity index (χ2n) is 7.47. The molecule has 0 saturated carbocycles. The molecule has 1 aliphatic rings. The van der Waals surface area contributed by atoms with Crippen LogP contribution in [0.25, 0.3) is 17.0 Å². The molecule has 0 N–H and O–H groups in total. The van der Waals surface area contributed by atoms with E-state index in [4.69, 9.17) is 4.74 Å². The lowest BCUT2D eigenvalue weighted by molar-refractivity contribution is -0.0498. The van der Waals surface area contributed by atoms with E-state index in [1.807, 2.05) is 49.4 Å². The number of halogens is 2. The molecule has 10 radical (unpaired) electrons. The maximum atomic E-state index is 12.4. The standard InChI is InChI=1S/C16H14B10F2N4O2/c27-16(28)34-12-3-1-10(2-4-12)15-31-30-13-8-29-9-14(32(13)15)33-6-5-11-7-17-19-21-23-25-26-24-22-20-18-11/h1-4,8-9,11,16H,5-7H2/t11-/m0/s1. The Morgan fingerprint density at radius 3 is 2.44 bits per heavy atom. The third kappa shape index (κ3) is 7.19. The molecule has 1 fully saturated rings.